The number of amides is 2. The lowest BCUT2D eigenvalue weighted by Crippen LogP contribution is -2.52. The molecule has 0 bridgehead atoms. The molecule has 2 aliphatic heterocycles. The maximum atomic E-state index is 12.9. The Morgan fingerprint density at radius 3 is 2.54 bits per heavy atom. The zero-order valence-corrected chi connectivity index (χ0v) is 16.7. The highest BCUT2D eigenvalue weighted by Crippen LogP contribution is 2.30. The van der Waals surface area contributed by atoms with E-state index in [0.29, 0.717) is 19.6 Å². The molecule has 1 aromatic rings. The van der Waals surface area contributed by atoms with Crippen LogP contribution in [0.25, 0.3) is 0 Å². The van der Waals surface area contributed by atoms with Crippen molar-refractivity contribution < 1.29 is 14.3 Å². The van der Waals surface area contributed by atoms with Crippen molar-refractivity contribution in [3.05, 3.63) is 36.4 Å². The van der Waals surface area contributed by atoms with Gasteiger partial charge in [0.15, 0.2) is 0 Å². The van der Waals surface area contributed by atoms with Gasteiger partial charge in [-0.3, -0.25) is 19.4 Å². The van der Waals surface area contributed by atoms with E-state index in [0.717, 1.165) is 57.0 Å². The number of carbonyl (C=O) groups is 2. The first-order valence-corrected chi connectivity index (χ1v) is 9.90. The van der Waals surface area contributed by atoms with Gasteiger partial charge < -0.3 is 15.0 Å². The van der Waals surface area contributed by atoms with Crippen LogP contribution in [-0.4, -0.2) is 81.1 Å². The number of aryl methyl sites for hydroxylation is 1. The molecule has 1 aromatic carbocycles. The van der Waals surface area contributed by atoms with Gasteiger partial charge in [0, 0.05) is 45.0 Å². The van der Waals surface area contributed by atoms with E-state index in [1.807, 2.05) is 23.1 Å². The summed E-state index contributed by atoms with van der Waals surface area (Å²) in [7, 11) is 1.66. The number of anilines is 1. The average molecular weight is 386 g/mol. The predicted molar refractivity (Wildman–Crippen MR) is 110 cm³/mol. The van der Waals surface area contributed by atoms with Crippen LogP contribution in [0.15, 0.2) is 30.9 Å². The molecule has 1 saturated heterocycles. The Labute approximate surface area is 166 Å². The van der Waals surface area contributed by atoms with Crippen molar-refractivity contribution in [1.82, 2.24) is 15.1 Å². The van der Waals surface area contributed by atoms with E-state index in [1.165, 1.54) is 5.56 Å². The summed E-state index contributed by atoms with van der Waals surface area (Å²) < 4.78 is 5.31. The number of nitrogens with zero attached hydrogens (tertiary/aromatic N) is 3. The molecule has 0 aliphatic carbocycles. The molecule has 2 amide bonds. The standard InChI is InChI=1S/C21H30N4O3/c1-3-8-22-20(26)15-23-10-12-24(13-11-23)16-21(27)25-9-4-5-17-14-18(28-2)6-7-19(17)25/h3,6-7,14H,1,4-5,8-13,15-16H2,2H3,(H,22,26). The number of hydrogen-bond donors (Lipinski definition) is 1. The highest BCUT2D eigenvalue weighted by Gasteiger charge is 2.26. The molecule has 0 aromatic heterocycles. The molecule has 1 fully saturated rings. The molecule has 7 heteroatoms. The van der Waals surface area contributed by atoms with Crippen molar-refractivity contribution in [2.75, 3.05) is 64.4 Å². The number of methoxy groups -OCH3 is 1. The first-order chi connectivity index (χ1) is 13.6. The molecular weight excluding hydrogens is 356 g/mol. The lowest BCUT2D eigenvalue weighted by atomic mass is 10.0. The largest absolute Gasteiger partial charge is 0.497 e. The highest BCUT2D eigenvalue weighted by atomic mass is 16.5. The van der Waals surface area contributed by atoms with E-state index in [-0.39, 0.29) is 11.8 Å². The van der Waals surface area contributed by atoms with Gasteiger partial charge in [0.25, 0.3) is 0 Å². The topological polar surface area (TPSA) is 65.1 Å². The summed E-state index contributed by atoms with van der Waals surface area (Å²) in [6, 6.07) is 5.94. The van der Waals surface area contributed by atoms with Gasteiger partial charge in [0.2, 0.25) is 11.8 Å². The maximum Gasteiger partial charge on any atom is 0.241 e. The molecule has 1 N–H and O–H groups in total. The van der Waals surface area contributed by atoms with Crippen molar-refractivity contribution in [2.45, 2.75) is 12.8 Å². The van der Waals surface area contributed by atoms with Crippen LogP contribution in [0.2, 0.25) is 0 Å². The fourth-order valence-corrected chi connectivity index (χ4v) is 3.79. The van der Waals surface area contributed by atoms with Crippen LogP contribution >= 0.6 is 0 Å². The molecular formula is C21H30N4O3. The van der Waals surface area contributed by atoms with Gasteiger partial charge in [-0.05, 0) is 36.6 Å². The first-order valence-electron chi connectivity index (χ1n) is 9.90. The Morgan fingerprint density at radius 2 is 1.86 bits per heavy atom. The summed E-state index contributed by atoms with van der Waals surface area (Å²) in [5.74, 6) is 0.995. The van der Waals surface area contributed by atoms with Gasteiger partial charge in [-0.15, -0.1) is 6.58 Å². The number of piperazine rings is 1. The molecule has 0 unspecified atom stereocenters. The fourth-order valence-electron chi connectivity index (χ4n) is 3.79. The number of benzene rings is 1. The summed E-state index contributed by atoms with van der Waals surface area (Å²) in [4.78, 5) is 31.0. The van der Waals surface area contributed by atoms with Gasteiger partial charge in [-0.2, -0.15) is 0 Å². The minimum atomic E-state index is 0.0183. The Balaban J connectivity index is 1.50. The third-order valence-corrected chi connectivity index (χ3v) is 5.34. The van der Waals surface area contributed by atoms with Crippen molar-refractivity contribution in [3.63, 3.8) is 0 Å². The van der Waals surface area contributed by atoms with Crippen molar-refractivity contribution in [1.29, 1.82) is 0 Å². The zero-order valence-electron chi connectivity index (χ0n) is 16.7. The smallest absolute Gasteiger partial charge is 0.241 e. The van der Waals surface area contributed by atoms with Crippen LogP contribution < -0.4 is 15.0 Å². The molecule has 28 heavy (non-hydrogen) atoms. The Morgan fingerprint density at radius 1 is 1.14 bits per heavy atom. The molecule has 7 nitrogen and oxygen atoms in total. The lowest BCUT2D eigenvalue weighted by molar-refractivity contribution is -0.123. The van der Waals surface area contributed by atoms with E-state index in [1.54, 1.807) is 13.2 Å². The minimum absolute atomic E-state index is 0.0183. The molecule has 2 heterocycles. The average Bonchev–Trinajstić information content (AvgIpc) is 2.72. The molecule has 0 atom stereocenters. The Bertz CT molecular complexity index is 714. The second-order valence-electron chi connectivity index (χ2n) is 7.29. The van der Waals surface area contributed by atoms with E-state index >= 15 is 0 Å². The van der Waals surface area contributed by atoms with Crippen molar-refractivity contribution in [2.24, 2.45) is 0 Å². The van der Waals surface area contributed by atoms with Crippen LogP contribution in [0.4, 0.5) is 5.69 Å². The molecule has 152 valence electrons. The molecule has 2 aliphatic rings. The predicted octanol–water partition coefficient (Wildman–Crippen LogP) is 0.894. The molecule has 3 rings (SSSR count). The monoisotopic (exact) mass is 386 g/mol. The summed E-state index contributed by atoms with van der Waals surface area (Å²) in [5, 5.41) is 2.80. The zero-order chi connectivity index (χ0) is 19.9. The number of nitrogens with one attached hydrogen (secondary N) is 1. The Kier molecular flexibility index (Phi) is 7.06. The van der Waals surface area contributed by atoms with Crippen LogP contribution in [0.5, 0.6) is 5.75 Å². The van der Waals surface area contributed by atoms with Gasteiger partial charge in [0.1, 0.15) is 5.75 Å². The van der Waals surface area contributed by atoms with Crippen LogP contribution in [0.3, 0.4) is 0 Å². The van der Waals surface area contributed by atoms with E-state index in [2.05, 4.69) is 21.7 Å². The minimum Gasteiger partial charge on any atom is -0.497 e. The maximum absolute atomic E-state index is 12.9. The second-order valence-corrected chi connectivity index (χ2v) is 7.29. The van der Waals surface area contributed by atoms with Crippen molar-refractivity contribution >= 4 is 17.5 Å². The number of rotatable bonds is 7. The SMILES string of the molecule is C=CCNC(=O)CN1CCN(CC(=O)N2CCCc3cc(OC)ccc32)CC1. The van der Waals surface area contributed by atoms with Gasteiger partial charge in [-0.25, -0.2) is 0 Å². The summed E-state index contributed by atoms with van der Waals surface area (Å²) >= 11 is 0. The number of fused-ring (bicyclic) bond motifs is 1. The summed E-state index contributed by atoms with van der Waals surface area (Å²) in [6.07, 6.45) is 3.62. The van der Waals surface area contributed by atoms with E-state index in [9.17, 15) is 9.59 Å². The number of hydrogen-bond acceptors (Lipinski definition) is 5. The summed E-state index contributed by atoms with van der Waals surface area (Å²) in [5.41, 5.74) is 2.18. The van der Waals surface area contributed by atoms with Gasteiger partial charge in [-0.1, -0.05) is 6.08 Å². The normalized spacial score (nSPS) is 17.7. The van der Waals surface area contributed by atoms with Crippen LogP contribution in [0.1, 0.15) is 12.0 Å². The first kappa shape index (κ1) is 20.4. The van der Waals surface area contributed by atoms with Gasteiger partial charge in [0.05, 0.1) is 20.2 Å². The molecule has 0 saturated carbocycles. The fraction of sp³-hybridized carbons (Fsp3) is 0.524. The third kappa shape index (κ3) is 5.11. The highest BCUT2D eigenvalue weighted by molar-refractivity contribution is 5.96. The van der Waals surface area contributed by atoms with Gasteiger partial charge >= 0.3 is 0 Å². The van der Waals surface area contributed by atoms with E-state index in [4.69, 9.17) is 4.74 Å². The third-order valence-electron chi connectivity index (χ3n) is 5.34. The Hall–Kier alpha value is -2.38. The molecule has 0 radical (unpaired) electrons. The molecule has 0 spiro atoms. The second kappa shape index (κ2) is 9.71. The van der Waals surface area contributed by atoms with E-state index < -0.39 is 0 Å². The van der Waals surface area contributed by atoms with Crippen LogP contribution in [0, 0.1) is 0 Å². The summed E-state index contributed by atoms with van der Waals surface area (Å²) in [6.45, 7) is 8.86. The van der Waals surface area contributed by atoms with Crippen molar-refractivity contribution in [3.8, 4) is 5.75 Å². The number of ether oxygens (including phenoxy) is 1. The lowest BCUT2D eigenvalue weighted by Gasteiger charge is -2.36. The quantitative estimate of drug-likeness (QED) is 0.706. The number of carbonyl (C=O) groups excluding carboxylic acids is 2. The van der Waals surface area contributed by atoms with Crippen LogP contribution in [-0.2, 0) is 16.0 Å².